The van der Waals surface area contributed by atoms with Crippen LogP contribution in [0.25, 0.3) is 0 Å². The van der Waals surface area contributed by atoms with Gasteiger partial charge < -0.3 is 19.7 Å². The second-order valence-corrected chi connectivity index (χ2v) is 10.1. The summed E-state index contributed by atoms with van der Waals surface area (Å²) in [5.41, 5.74) is 0.839. The molecule has 0 amide bonds. The number of thiocarbonyl (C=S) groups is 1. The molecule has 8 heteroatoms. The van der Waals surface area contributed by atoms with Crippen LogP contribution in [0.1, 0.15) is 6.42 Å². The Morgan fingerprint density at radius 2 is 1.39 bits per heavy atom. The molecule has 5 nitrogen and oxygen atoms in total. The molecule has 162 valence electrons. The second kappa shape index (κ2) is 11.8. The predicted octanol–water partition coefficient (Wildman–Crippen LogP) is 6.40. The number of hydrogen-bond acceptors (Lipinski definition) is 5. The third-order valence-electron chi connectivity index (χ3n) is 4.26. The molecule has 0 saturated carbocycles. The molecule has 0 saturated heterocycles. The minimum atomic E-state index is -3.71. The first-order valence-corrected chi connectivity index (χ1v) is 13.2. The number of nitrogens with one attached hydrogen (secondary N) is 2. The lowest BCUT2D eigenvalue weighted by molar-refractivity contribution is 0.366. The van der Waals surface area contributed by atoms with E-state index in [0.717, 1.165) is 11.4 Å². The molecule has 0 heterocycles. The molecule has 31 heavy (non-hydrogen) atoms. The van der Waals surface area contributed by atoms with Gasteiger partial charge in [-0.2, -0.15) is 11.8 Å². The number of anilines is 1. The van der Waals surface area contributed by atoms with Crippen molar-refractivity contribution in [2.45, 2.75) is 12.2 Å². The van der Waals surface area contributed by atoms with Crippen molar-refractivity contribution in [3.05, 3.63) is 91.0 Å². The number of thioether (sulfide) groups is 1. The molecule has 0 spiro atoms. The average molecular weight is 473 g/mol. The van der Waals surface area contributed by atoms with Crippen LogP contribution in [-0.2, 0) is 4.57 Å². The van der Waals surface area contributed by atoms with E-state index in [9.17, 15) is 4.57 Å². The Morgan fingerprint density at radius 1 is 0.903 bits per heavy atom. The van der Waals surface area contributed by atoms with Crippen molar-refractivity contribution in [2.75, 3.05) is 17.3 Å². The molecular weight excluding hydrogens is 447 g/mol. The van der Waals surface area contributed by atoms with Gasteiger partial charge in [0.1, 0.15) is 11.5 Å². The number of rotatable bonds is 10. The van der Waals surface area contributed by atoms with Gasteiger partial charge in [-0.15, -0.1) is 0 Å². The first-order valence-electron chi connectivity index (χ1n) is 9.79. The van der Waals surface area contributed by atoms with Crippen LogP contribution in [0.5, 0.6) is 11.5 Å². The highest BCUT2D eigenvalue weighted by atomic mass is 32.2. The lowest BCUT2D eigenvalue weighted by atomic mass is 10.3. The van der Waals surface area contributed by atoms with Crippen LogP contribution < -0.4 is 19.7 Å². The minimum Gasteiger partial charge on any atom is -0.415 e. The van der Waals surface area contributed by atoms with E-state index in [1.807, 2.05) is 73.0 Å². The fraction of sp³-hybridized carbons (Fsp3) is 0.174. The summed E-state index contributed by atoms with van der Waals surface area (Å²) in [5.74, 6) is 1.05. The first kappa shape index (κ1) is 23.2. The molecule has 0 aromatic heterocycles. The summed E-state index contributed by atoms with van der Waals surface area (Å²) in [6, 6.07) is 27.7. The summed E-state index contributed by atoms with van der Waals surface area (Å²) in [6.45, 7) is 0. The Balaban J connectivity index is 1.86. The first-order chi connectivity index (χ1) is 15.1. The number of para-hydroxylation sites is 3. The van der Waals surface area contributed by atoms with Gasteiger partial charge >= 0.3 is 7.60 Å². The van der Waals surface area contributed by atoms with Crippen LogP contribution in [0.4, 0.5) is 5.69 Å². The highest BCUT2D eigenvalue weighted by molar-refractivity contribution is 7.98. The fourth-order valence-corrected chi connectivity index (χ4v) is 5.63. The molecule has 0 aliphatic heterocycles. The molecule has 1 atom stereocenters. The smallest absolute Gasteiger partial charge is 0.415 e. The monoisotopic (exact) mass is 472 g/mol. The van der Waals surface area contributed by atoms with Crippen molar-refractivity contribution in [3.8, 4) is 11.5 Å². The molecule has 3 aromatic carbocycles. The van der Waals surface area contributed by atoms with Gasteiger partial charge in [0, 0.05) is 5.69 Å². The van der Waals surface area contributed by atoms with Crippen molar-refractivity contribution in [1.82, 2.24) is 5.32 Å². The third-order valence-corrected chi connectivity index (χ3v) is 7.20. The van der Waals surface area contributed by atoms with Crippen molar-refractivity contribution in [3.63, 3.8) is 0 Å². The molecule has 2 N–H and O–H groups in total. The molecule has 3 rings (SSSR count). The topological polar surface area (TPSA) is 59.6 Å². The summed E-state index contributed by atoms with van der Waals surface area (Å²) in [4.78, 5) is 0. The molecule has 0 bridgehead atoms. The van der Waals surface area contributed by atoms with Gasteiger partial charge in [0.15, 0.2) is 10.9 Å². The Bertz CT molecular complexity index is 946. The van der Waals surface area contributed by atoms with Crippen LogP contribution in [0, 0.1) is 0 Å². The Morgan fingerprint density at radius 3 is 1.87 bits per heavy atom. The lowest BCUT2D eigenvalue weighted by Gasteiger charge is -2.29. The highest BCUT2D eigenvalue weighted by Gasteiger charge is 2.39. The van der Waals surface area contributed by atoms with Crippen molar-refractivity contribution in [2.24, 2.45) is 0 Å². The van der Waals surface area contributed by atoms with E-state index >= 15 is 0 Å². The maximum Gasteiger partial charge on any atom is 0.452 e. The van der Waals surface area contributed by atoms with Gasteiger partial charge in [0.25, 0.3) is 0 Å². The normalized spacial score (nSPS) is 11.9. The predicted molar refractivity (Wildman–Crippen MR) is 134 cm³/mol. The van der Waals surface area contributed by atoms with E-state index in [0.29, 0.717) is 23.0 Å². The van der Waals surface area contributed by atoms with E-state index in [4.69, 9.17) is 21.3 Å². The average Bonchev–Trinajstić information content (AvgIpc) is 2.78. The number of hydrogen-bond donors (Lipinski definition) is 2. The summed E-state index contributed by atoms with van der Waals surface area (Å²) in [5, 5.41) is 6.66. The molecule has 3 aromatic rings. The largest absolute Gasteiger partial charge is 0.452 e. The molecular formula is C23H25N2O3PS2. The van der Waals surface area contributed by atoms with Gasteiger partial charge in [-0.25, -0.2) is 4.57 Å². The SMILES string of the molecule is CSCCC(NC(=S)Nc1ccccc1)P(=O)(Oc1ccccc1)Oc1ccccc1. The van der Waals surface area contributed by atoms with Crippen molar-refractivity contribution >= 4 is 42.4 Å². The zero-order valence-electron chi connectivity index (χ0n) is 17.1. The standard InChI is InChI=1S/C23H25N2O3PS2/c1-31-18-17-22(25-23(30)24-19-11-5-2-6-12-19)29(26,27-20-13-7-3-8-14-20)28-21-15-9-4-10-16-21/h2-16,22H,17-18H2,1H3,(H2,24,25,30). The molecule has 0 radical (unpaired) electrons. The van der Waals surface area contributed by atoms with E-state index in [2.05, 4.69) is 10.6 Å². The van der Waals surface area contributed by atoms with Crippen molar-refractivity contribution < 1.29 is 13.6 Å². The molecule has 1 unspecified atom stereocenters. The minimum absolute atomic E-state index is 0.353. The molecule has 0 aliphatic carbocycles. The van der Waals surface area contributed by atoms with E-state index in [1.165, 1.54) is 0 Å². The van der Waals surface area contributed by atoms with Crippen LogP contribution in [0.2, 0.25) is 0 Å². The van der Waals surface area contributed by atoms with Gasteiger partial charge in [0.2, 0.25) is 0 Å². The zero-order chi connectivity index (χ0) is 21.9. The van der Waals surface area contributed by atoms with Crippen molar-refractivity contribution in [1.29, 1.82) is 0 Å². The highest BCUT2D eigenvalue weighted by Crippen LogP contribution is 2.53. The van der Waals surface area contributed by atoms with E-state index < -0.39 is 13.4 Å². The van der Waals surface area contributed by atoms with E-state index in [1.54, 1.807) is 36.0 Å². The molecule has 0 aliphatic rings. The van der Waals surface area contributed by atoms with Crippen LogP contribution >= 0.6 is 31.6 Å². The molecule has 0 fully saturated rings. The quantitative estimate of drug-likeness (QED) is 0.261. The van der Waals surface area contributed by atoms with Crippen LogP contribution in [0.3, 0.4) is 0 Å². The van der Waals surface area contributed by atoms with E-state index in [-0.39, 0.29) is 0 Å². The summed E-state index contributed by atoms with van der Waals surface area (Å²) >= 11 is 7.15. The van der Waals surface area contributed by atoms with Gasteiger partial charge in [0.05, 0.1) is 0 Å². The van der Waals surface area contributed by atoms with Crippen LogP contribution in [0.15, 0.2) is 91.0 Å². The second-order valence-electron chi connectivity index (χ2n) is 6.61. The Kier molecular flexibility index (Phi) is 8.83. The maximum absolute atomic E-state index is 14.1. The summed E-state index contributed by atoms with van der Waals surface area (Å²) in [7, 11) is -3.71. The van der Waals surface area contributed by atoms with Gasteiger partial charge in [-0.05, 0) is 67.0 Å². The fourth-order valence-electron chi connectivity index (χ4n) is 2.78. The Hall–Kier alpha value is -2.47. The summed E-state index contributed by atoms with van der Waals surface area (Å²) < 4.78 is 26.1. The Labute approximate surface area is 193 Å². The van der Waals surface area contributed by atoms with Crippen LogP contribution in [-0.4, -0.2) is 22.9 Å². The number of benzene rings is 3. The van der Waals surface area contributed by atoms with Gasteiger partial charge in [-0.3, -0.25) is 0 Å². The maximum atomic E-state index is 14.1. The third kappa shape index (κ3) is 7.31. The lowest BCUT2D eigenvalue weighted by Crippen LogP contribution is -2.40. The summed E-state index contributed by atoms with van der Waals surface area (Å²) in [6.07, 6.45) is 2.54. The zero-order valence-corrected chi connectivity index (χ0v) is 19.7. The van der Waals surface area contributed by atoms with Gasteiger partial charge in [-0.1, -0.05) is 54.6 Å².